The summed E-state index contributed by atoms with van der Waals surface area (Å²) in [6.07, 6.45) is 4.44. The van der Waals surface area contributed by atoms with Gasteiger partial charge in [0, 0.05) is 18.8 Å². The molecule has 0 heterocycles. The van der Waals surface area contributed by atoms with Gasteiger partial charge in [0.1, 0.15) is 5.82 Å². The molecule has 0 bridgehead atoms. The van der Waals surface area contributed by atoms with Crippen molar-refractivity contribution in [2.45, 2.75) is 6.10 Å². The molecule has 17 heavy (non-hydrogen) atoms. The van der Waals surface area contributed by atoms with Gasteiger partial charge in [-0.15, -0.1) is 18.2 Å². The van der Waals surface area contributed by atoms with Gasteiger partial charge in [-0.25, -0.2) is 4.39 Å². The number of hydrogen-bond donors (Lipinski definition) is 2. The number of terminal acetylenes is 1. The Bertz CT molecular complexity index is 378. The van der Waals surface area contributed by atoms with Gasteiger partial charge in [-0.2, -0.15) is 0 Å². The molecule has 1 aromatic rings. The zero-order valence-corrected chi connectivity index (χ0v) is 10.3. The first-order valence-electron chi connectivity index (χ1n) is 5.39. The Morgan fingerprint density at radius 1 is 1.53 bits per heavy atom. The summed E-state index contributed by atoms with van der Waals surface area (Å²) >= 11 is 1.66. The summed E-state index contributed by atoms with van der Waals surface area (Å²) in [5, 5.41) is 12.9. The van der Waals surface area contributed by atoms with E-state index >= 15 is 0 Å². The third-order valence-corrected chi connectivity index (χ3v) is 3.04. The van der Waals surface area contributed by atoms with Crippen LogP contribution >= 0.6 is 11.8 Å². The number of hydrogen-bond acceptors (Lipinski definition) is 3. The number of aliphatic hydroxyl groups excluding tert-OH is 1. The number of nitrogens with one attached hydrogen (secondary N) is 1. The normalized spacial score (nSPS) is 12.1. The highest BCUT2D eigenvalue weighted by molar-refractivity contribution is 7.99. The van der Waals surface area contributed by atoms with Gasteiger partial charge in [0.05, 0.1) is 11.9 Å². The minimum Gasteiger partial charge on any atom is -0.387 e. The lowest BCUT2D eigenvalue weighted by molar-refractivity contribution is 0.175. The van der Waals surface area contributed by atoms with E-state index in [0.717, 1.165) is 12.3 Å². The average Bonchev–Trinajstić information content (AvgIpc) is 2.33. The van der Waals surface area contributed by atoms with Crippen molar-refractivity contribution >= 4 is 11.8 Å². The molecule has 2 nitrogen and oxygen atoms in total. The summed E-state index contributed by atoms with van der Waals surface area (Å²) in [6, 6.07) is 6.01. The van der Waals surface area contributed by atoms with Gasteiger partial charge in [0.25, 0.3) is 0 Å². The van der Waals surface area contributed by atoms with Crippen LogP contribution in [0, 0.1) is 18.2 Å². The van der Waals surface area contributed by atoms with Crippen LogP contribution in [0.1, 0.15) is 11.7 Å². The highest BCUT2D eigenvalue weighted by Crippen LogP contribution is 2.12. The minimum absolute atomic E-state index is 0.328. The SMILES string of the molecule is C#CCSCCNCC(O)c1cccc(F)c1. The summed E-state index contributed by atoms with van der Waals surface area (Å²) in [7, 11) is 0. The van der Waals surface area contributed by atoms with Crippen molar-refractivity contribution in [2.24, 2.45) is 0 Å². The van der Waals surface area contributed by atoms with Crippen molar-refractivity contribution in [3.63, 3.8) is 0 Å². The fraction of sp³-hybridized carbons (Fsp3) is 0.385. The molecule has 0 saturated carbocycles. The largest absolute Gasteiger partial charge is 0.387 e. The Labute approximate surface area is 106 Å². The predicted octanol–water partition coefficient (Wildman–Crippen LogP) is 1.82. The van der Waals surface area contributed by atoms with Gasteiger partial charge >= 0.3 is 0 Å². The van der Waals surface area contributed by atoms with Crippen LogP contribution in [0.2, 0.25) is 0 Å². The minimum atomic E-state index is -0.677. The van der Waals surface area contributed by atoms with Crippen molar-refractivity contribution in [3.05, 3.63) is 35.6 Å². The Morgan fingerprint density at radius 2 is 2.35 bits per heavy atom. The first kappa shape index (κ1) is 14.0. The molecule has 4 heteroatoms. The van der Waals surface area contributed by atoms with Gasteiger partial charge < -0.3 is 10.4 Å². The molecule has 1 unspecified atom stereocenters. The van der Waals surface area contributed by atoms with Crippen molar-refractivity contribution in [2.75, 3.05) is 24.6 Å². The number of thioether (sulfide) groups is 1. The van der Waals surface area contributed by atoms with E-state index in [-0.39, 0.29) is 5.82 Å². The quantitative estimate of drug-likeness (QED) is 0.574. The van der Waals surface area contributed by atoms with Crippen LogP contribution in [0.25, 0.3) is 0 Å². The molecule has 0 spiro atoms. The fourth-order valence-electron chi connectivity index (χ4n) is 1.35. The van der Waals surface area contributed by atoms with Crippen LogP contribution in [-0.4, -0.2) is 29.7 Å². The monoisotopic (exact) mass is 253 g/mol. The maximum Gasteiger partial charge on any atom is 0.123 e. The molecular formula is C13H16FNOS. The van der Waals surface area contributed by atoms with Crippen molar-refractivity contribution < 1.29 is 9.50 Å². The van der Waals surface area contributed by atoms with E-state index in [9.17, 15) is 9.50 Å². The lowest BCUT2D eigenvalue weighted by atomic mass is 10.1. The van der Waals surface area contributed by atoms with Gasteiger partial charge in [0.2, 0.25) is 0 Å². The number of rotatable bonds is 7. The van der Waals surface area contributed by atoms with Crippen LogP contribution in [-0.2, 0) is 0 Å². The van der Waals surface area contributed by atoms with E-state index < -0.39 is 6.10 Å². The van der Waals surface area contributed by atoms with Gasteiger partial charge in [0.15, 0.2) is 0 Å². The molecule has 0 radical (unpaired) electrons. The summed E-state index contributed by atoms with van der Waals surface area (Å²) in [6.45, 7) is 1.19. The van der Waals surface area contributed by atoms with Crippen LogP contribution < -0.4 is 5.32 Å². The zero-order valence-electron chi connectivity index (χ0n) is 9.53. The molecule has 1 rings (SSSR count). The summed E-state index contributed by atoms with van der Waals surface area (Å²) < 4.78 is 12.9. The Hall–Kier alpha value is -1.02. The smallest absolute Gasteiger partial charge is 0.123 e. The number of benzene rings is 1. The summed E-state index contributed by atoms with van der Waals surface area (Å²) in [4.78, 5) is 0. The van der Waals surface area contributed by atoms with E-state index in [1.165, 1.54) is 12.1 Å². The van der Waals surface area contributed by atoms with E-state index in [4.69, 9.17) is 6.42 Å². The Kier molecular flexibility index (Phi) is 6.71. The standard InChI is InChI=1S/C13H16FNOS/c1-2-7-17-8-6-15-10-13(16)11-4-3-5-12(14)9-11/h1,3-5,9,13,15-16H,6-8,10H2. The maximum absolute atomic E-state index is 12.9. The molecular weight excluding hydrogens is 237 g/mol. The van der Waals surface area contributed by atoms with E-state index in [2.05, 4.69) is 11.2 Å². The van der Waals surface area contributed by atoms with Crippen LogP contribution in [0.4, 0.5) is 4.39 Å². The number of halogens is 1. The second-order valence-corrected chi connectivity index (χ2v) is 4.64. The first-order chi connectivity index (χ1) is 8.24. The molecule has 0 amide bonds. The first-order valence-corrected chi connectivity index (χ1v) is 6.55. The van der Waals surface area contributed by atoms with Gasteiger partial charge in [-0.1, -0.05) is 18.1 Å². The predicted molar refractivity (Wildman–Crippen MR) is 70.4 cm³/mol. The van der Waals surface area contributed by atoms with E-state index in [0.29, 0.717) is 17.9 Å². The van der Waals surface area contributed by atoms with Crippen LogP contribution in [0.5, 0.6) is 0 Å². The molecule has 0 aromatic heterocycles. The molecule has 0 fully saturated rings. The second-order valence-electron chi connectivity index (χ2n) is 3.53. The molecule has 0 saturated heterocycles. The Morgan fingerprint density at radius 3 is 3.06 bits per heavy atom. The van der Waals surface area contributed by atoms with E-state index in [1.807, 2.05) is 0 Å². The summed E-state index contributed by atoms with van der Waals surface area (Å²) in [5.41, 5.74) is 0.591. The molecule has 0 aliphatic rings. The van der Waals surface area contributed by atoms with Crippen molar-refractivity contribution in [1.29, 1.82) is 0 Å². The highest BCUT2D eigenvalue weighted by atomic mass is 32.2. The molecule has 1 atom stereocenters. The van der Waals surface area contributed by atoms with Crippen molar-refractivity contribution in [3.8, 4) is 12.3 Å². The van der Waals surface area contributed by atoms with Crippen LogP contribution in [0.3, 0.4) is 0 Å². The number of aliphatic hydroxyl groups is 1. The lowest BCUT2D eigenvalue weighted by Gasteiger charge is -2.11. The average molecular weight is 253 g/mol. The summed E-state index contributed by atoms with van der Waals surface area (Å²) in [5.74, 6) is 3.82. The van der Waals surface area contributed by atoms with Gasteiger partial charge in [-0.3, -0.25) is 0 Å². The molecule has 0 aliphatic carbocycles. The third kappa shape index (κ3) is 5.73. The van der Waals surface area contributed by atoms with Crippen molar-refractivity contribution in [1.82, 2.24) is 5.32 Å². The van der Waals surface area contributed by atoms with Gasteiger partial charge in [-0.05, 0) is 17.7 Å². The molecule has 0 aliphatic heterocycles. The van der Waals surface area contributed by atoms with E-state index in [1.54, 1.807) is 23.9 Å². The third-order valence-electron chi connectivity index (χ3n) is 2.18. The topological polar surface area (TPSA) is 32.3 Å². The highest BCUT2D eigenvalue weighted by Gasteiger charge is 2.07. The molecule has 92 valence electrons. The molecule has 1 aromatic carbocycles. The second kappa shape index (κ2) is 8.13. The zero-order chi connectivity index (χ0) is 12.5. The van der Waals surface area contributed by atoms with Crippen LogP contribution in [0.15, 0.2) is 24.3 Å². The maximum atomic E-state index is 12.9. The Balaban J connectivity index is 2.21. The lowest BCUT2D eigenvalue weighted by Crippen LogP contribution is -2.23. The fourth-order valence-corrected chi connectivity index (χ4v) is 1.90. The molecule has 2 N–H and O–H groups in total.